The van der Waals surface area contributed by atoms with Crippen molar-refractivity contribution >= 4 is 11.8 Å². The van der Waals surface area contributed by atoms with Crippen LogP contribution in [0.2, 0.25) is 0 Å². The first-order valence-corrected chi connectivity index (χ1v) is 8.71. The summed E-state index contributed by atoms with van der Waals surface area (Å²) in [7, 11) is 0. The molecule has 0 heterocycles. The second kappa shape index (κ2) is 9.27. The zero-order chi connectivity index (χ0) is 12.5. The molecule has 0 aliphatic heterocycles. The van der Waals surface area contributed by atoms with Gasteiger partial charge in [-0.1, -0.05) is 52.9 Å². The van der Waals surface area contributed by atoms with Gasteiger partial charge in [0.05, 0.1) is 0 Å². The Balaban J connectivity index is 2.31. The molecule has 1 aliphatic carbocycles. The normalized spacial score (nSPS) is 19.8. The fourth-order valence-corrected chi connectivity index (χ4v) is 4.49. The van der Waals surface area contributed by atoms with Crippen LogP contribution in [0, 0.1) is 5.92 Å². The largest absolute Gasteiger partial charge is 0.313 e. The molecule has 102 valence electrons. The van der Waals surface area contributed by atoms with E-state index in [1.165, 1.54) is 50.7 Å². The van der Waals surface area contributed by atoms with Crippen molar-refractivity contribution in [1.82, 2.24) is 5.32 Å². The molecular formula is C15H31NS. The summed E-state index contributed by atoms with van der Waals surface area (Å²) in [5.74, 6) is 2.19. The quantitative estimate of drug-likeness (QED) is 0.688. The first-order valence-electron chi connectivity index (χ1n) is 7.66. The van der Waals surface area contributed by atoms with Gasteiger partial charge < -0.3 is 5.32 Å². The van der Waals surface area contributed by atoms with Gasteiger partial charge in [0.2, 0.25) is 0 Å². The molecule has 0 aromatic carbocycles. The SMILES string of the molecule is CCNC(CSC1CCCCC1)C(CC)CC. The van der Waals surface area contributed by atoms with Crippen LogP contribution in [0.25, 0.3) is 0 Å². The molecule has 0 saturated heterocycles. The van der Waals surface area contributed by atoms with Gasteiger partial charge in [-0.2, -0.15) is 11.8 Å². The number of thioether (sulfide) groups is 1. The van der Waals surface area contributed by atoms with Gasteiger partial charge in [-0.3, -0.25) is 0 Å². The van der Waals surface area contributed by atoms with Crippen LogP contribution in [0.15, 0.2) is 0 Å². The Morgan fingerprint density at radius 3 is 2.24 bits per heavy atom. The van der Waals surface area contributed by atoms with Crippen LogP contribution in [-0.4, -0.2) is 23.6 Å². The predicted molar refractivity (Wildman–Crippen MR) is 80.9 cm³/mol. The van der Waals surface area contributed by atoms with Crippen LogP contribution < -0.4 is 5.32 Å². The van der Waals surface area contributed by atoms with Crippen LogP contribution in [-0.2, 0) is 0 Å². The second-order valence-corrected chi connectivity index (χ2v) is 6.67. The zero-order valence-corrected chi connectivity index (χ0v) is 12.8. The van der Waals surface area contributed by atoms with Gasteiger partial charge in [-0.15, -0.1) is 0 Å². The molecule has 1 nitrogen and oxygen atoms in total. The fraction of sp³-hybridized carbons (Fsp3) is 1.00. The fourth-order valence-electron chi connectivity index (χ4n) is 2.95. The maximum atomic E-state index is 3.70. The van der Waals surface area contributed by atoms with Gasteiger partial charge in [0.15, 0.2) is 0 Å². The van der Waals surface area contributed by atoms with E-state index in [-0.39, 0.29) is 0 Å². The van der Waals surface area contributed by atoms with E-state index in [1.54, 1.807) is 0 Å². The summed E-state index contributed by atoms with van der Waals surface area (Å²) >= 11 is 2.24. The Labute approximate surface area is 113 Å². The molecule has 0 bridgehead atoms. The van der Waals surface area contributed by atoms with E-state index in [1.807, 2.05) is 0 Å². The van der Waals surface area contributed by atoms with Crippen molar-refractivity contribution in [1.29, 1.82) is 0 Å². The highest BCUT2D eigenvalue weighted by Gasteiger charge is 2.20. The number of hydrogen-bond acceptors (Lipinski definition) is 2. The number of nitrogens with one attached hydrogen (secondary N) is 1. The first kappa shape index (κ1) is 15.4. The van der Waals surface area contributed by atoms with Crippen LogP contribution in [0.3, 0.4) is 0 Å². The maximum Gasteiger partial charge on any atom is 0.0186 e. The van der Waals surface area contributed by atoms with Gasteiger partial charge in [-0.05, 0) is 25.3 Å². The monoisotopic (exact) mass is 257 g/mol. The highest BCUT2D eigenvalue weighted by atomic mass is 32.2. The minimum Gasteiger partial charge on any atom is -0.313 e. The van der Waals surface area contributed by atoms with Crippen molar-refractivity contribution in [2.45, 2.75) is 77.0 Å². The molecule has 1 aliphatic rings. The molecular weight excluding hydrogens is 226 g/mol. The molecule has 1 N–H and O–H groups in total. The molecule has 0 aromatic heterocycles. The van der Waals surface area contributed by atoms with Crippen molar-refractivity contribution in [2.24, 2.45) is 5.92 Å². The summed E-state index contributed by atoms with van der Waals surface area (Å²) in [6.45, 7) is 8.03. The first-order chi connectivity index (χ1) is 8.31. The van der Waals surface area contributed by atoms with Gasteiger partial charge in [0, 0.05) is 17.0 Å². The van der Waals surface area contributed by atoms with Gasteiger partial charge >= 0.3 is 0 Å². The van der Waals surface area contributed by atoms with Gasteiger partial charge in [0.25, 0.3) is 0 Å². The molecule has 1 saturated carbocycles. The summed E-state index contributed by atoms with van der Waals surface area (Å²) in [6, 6.07) is 0.738. The predicted octanol–water partition coefficient (Wildman–Crippen LogP) is 4.47. The lowest BCUT2D eigenvalue weighted by atomic mass is 9.95. The Bertz CT molecular complexity index is 174. The van der Waals surface area contributed by atoms with Gasteiger partial charge in [-0.25, -0.2) is 0 Å². The highest BCUT2D eigenvalue weighted by Crippen LogP contribution is 2.30. The van der Waals surface area contributed by atoms with Gasteiger partial charge in [0.1, 0.15) is 0 Å². The lowest BCUT2D eigenvalue weighted by molar-refractivity contribution is 0.364. The number of hydrogen-bond donors (Lipinski definition) is 1. The number of rotatable bonds is 8. The van der Waals surface area contributed by atoms with Crippen LogP contribution in [0.1, 0.15) is 65.7 Å². The summed E-state index contributed by atoms with van der Waals surface area (Å²) < 4.78 is 0. The summed E-state index contributed by atoms with van der Waals surface area (Å²) in [5, 5.41) is 4.66. The third-order valence-electron chi connectivity index (χ3n) is 4.15. The van der Waals surface area contributed by atoms with E-state index >= 15 is 0 Å². The van der Waals surface area contributed by atoms with E-state index < -0.39 is 0 Å². The Kier molecular flexibility index (Phi) is 8.38. The molecule has 0 radical (unpaired) electrons. The highest BCUT2D eigenvalue weighted by molar-refractivity contribution is 7.99. The van der Waals surface area contributed by atoms with Crippen molar-refractivity contribution in [3.63, 3.8) is 0 Å². The van der Waals surface area contributed by atoms with E-state index in [2.05, 4.69) is 37.8 Å². The summed E-state index contributed by atoms with van der Waals surface area (Å²) in [6.07, 6.45) is 9.97. The Morgan fingerprint density at radius 1 is 1.06 bits per heavy atom. The lowest BCUT2D eigenvalue weighted by Crippen LogP contribution is -2.38. The molecule has 1 fully saturated rings. The van der Waals surface area contributed by atoms with Crippen LogP contribution >= 0.6 is 11.8 Å². The van der Waals surface area contributed by atoms with Crippen molar-refractivity contribution in [3.8, 4) is 0 Å². The average Bonchev–Trinajstić information content (AvgIpc) is 2.38. The smallest absolute Gasteiger partial charge is 0.0186 e. The van der Waals surface area contributed by atoms with Crippen molar-refractivity contribution < 1.29 is 0 Å². The molecule has 0 spiro atoms. The minimum absolute atomic E-state index is 0.738. The third kappa shape index (κ3) is 5.65. The molecule has 2 heteroatoms. The molecule has 1 unspecified atom stereocenters. The Hall–Kier alpha value is 0.310. The molecule has 0 amide bonds. The van der Waals surface area contributed by atoms with E-state index in [4.69, 9.17) is 0 Å². The average molecular weight is 257 g/mol. The maximum absolute atomic E-state index is 3.70. The zero-order valence-electron chi connectivity index (χ0n) is 12.0. The third-order valence-corrected chi connectivity index (χ3v) is 5.64. The van der Waals surface area contributed by atoms with E-state index in [9.17, 15) is 0 Å². The standard InChI is InChI=1S/C15H31NS/c1-4-13(5-2)15(16-6-3)12-17-14-10-8-7-9-11-14/h13-16H,4-12H2,1-3H3. The molecule has 17 heavy (non-hydrogen) atoms. The van der Waals surface area contributed by atoms with E-state index in [0.717, 1.165) is 23.8 Å². The minimum atomic E-state index is 0.738. The topological polar surface area (TPSA) is 12.0 Å². The molecule has 0 aromatic rings. The Morgan fingerprint density at radius 2 is 1.71 bits per heavy atom. The summed E-state index contributed by atoms with van der Waals surface area (Å²) in [4.78, 5) is 0. The van der Waals surface area contributed by atoms with E-state index in [0.29, 0.717) is 0 Å². The second-order valence-electron chi connectivity index (χ2n) is 5.33. The van der Waals surface area contributed by atoms with Crippen LogP contribution in [0.5, 0.6) is 0 Å². The summed E-state index contributed by atoms with van der Waals surface area (Å²) in [5.41, 5.74) is 0. The lowest BCUT2D eigenvalue weighted by Gasteiger charge is -2.29. The molecule has 1 rings (SSSR count). The van der Waals surface area contributed by atoms with Crippen molar-refractivity contribution in [3.05, 3.63) is 0 Å². The molecule has 1 atom stereocenters. The van der Waals surface area contributed by atoms with Crippen molar-refractivity contribution in [2.75, 3.05) is 12.3 Å². The van der Waals surface area contributed by atoms with Crippen LogP contribution in [0.4, 0.5) is 0 Å².